The quantitative estimate of drug-likeness (QED) is 0.529. The van der Waals surface area contributed by atoms with Crippen molar-refractivity contribution >= 4 is 23.3 Å². The van der Waals surface area contributed by atoms with Crippen LogP contribution in [0.3, 0.4) is 0 Å². The van der Waals surface area contributed by atoms with Gasteiger partial charge in [0.2, 0.25) is 5.91 Å². The van der Waals surface area contributed by atoms with Gasteiger partial charge in [-0.25, -0.2) is 4.79 Å². The average molecular weight is 431 g/mol. The summed E-state index contributed by atoms with van der Waals surface area (Å²) in [6.07, 6.45) is -4.05. The highest BCUT2D eigenvalue weighted by Gasteiger charge is 2.35. The van der Waals surface area contributed by atoms with Gasteiger partial charge < -0.3 is 20.9 Å². The van der Waals surface area contributed by atoms with Gasteiger partial charge in [-0.3, -0.25) is 14.9 Å². The summed E-state index contributed by atoms with van der Waals surface area (Å²) in [4.78, 5) is 37.6. The molecule has 1 fully saturated rings. The molecule has 1 aliphatic rings. The molecule has 0 bridgehead atoms. The number of nitrogens with two attached hydrogens (primary N) is 1. The van der Waals surface area contributed by atoms with Crippen LogP contribution >= 0.6 is 0 Å². The van der Waals surface area contributed by atoms with Crippen LogP contribution in [0.15, 0.2) is 18.2 Å². The molecule has 9 nitrogen and oxygen atoms in total. The zero-order valence-corrected chi connectivity index (χ0v) is 16.6. The van der Waals surface area contributed by atoms with Gasteiger partial charge in [-0.05, 0) is 18.1 Å². The predicted octanol–water partition coefficient (Wildman–Crippen LogP) is 2.35. The van der Waals surface area contributed by atoms with Crippen LogP contribution in [-0.4, -0.2) is 54.0 Å². The number of amides is 3. The number of carbonyl (C=O) groups excluding carboxylic acids is 2. The fraction of sp³-hybridized carbons (Fsp3) is 0.556. The van der Waals surface area contributed by atoms with Crippen molar-refractivity contribution < 1.29 is 27.7 Å². The Kier molecular flexibility index (Phi) is 7.11. The number of hydrogen-bond acceptors (Lipinski definition) is 5. The molecule has 3 amide bonds. The first kappa shape index (κ1) is 23.2. The third-order valence-corrected chi connectivity index (χ3v) is 5.21. The second kappa shape index (κ2) is 9.18. The summed E-state index contributed by atoms with van der Waals surface area (Å²) in [5.74, 6) is -0.469. The Morgan fingerprint density at radius 2 is 1.87 bits per heavy atom. The summed E-state index contributed by atoms with van der Waals surface area (Å²) in [6, 6.07) is 0.792. The zero-order valence-electron chi connectivity index (χ0n) is 16.6. The molecule has 2 unspecified atom stereocenters. The van der Waals surface area contributed by atoms with E-state index in [0.29, 0.717) is 12.5 Å². The summed E-state index contributed by atoms with van der Waals surface area (Å²) in [7, 11) is 0. The van der Waals surface area contributed by atoms with E-state index in [-0.39, 0.29) is 43.7 Å². The van der Waals surface area contributed by atoms with Gasteiger partial charge in [0.1, 0.15) is 11.7 Å². The average Bonchev–Trinajstić information content (AvgIpc) is 2.69. The number of alkyl halides is 3. The molecule has 0 aliphatic carbocycles. The Morgan fingerprint density at radius 1 is 1.27 bits per heavy atom. The van der Waals surface area contributed by atoms with Gasteiger partial charge in [-0.2, -0.15) is 13.2 Å². The first-order valence-corrected chi connectivity index (χ1v) is 9.41. The van der Waals surface area contributed by atoms with Crippen LogP contribution < -0.4 is 16.0 Å². The van der Waals surface area contributed by atoms with Crippen LogP contribution in [0.4, 0.5) is 29.3 Å². The molecule has 2 atom stereocenters. The van der Waals surface area contributed by atoms with Gasteiger partial charge in [0.15, 0.2) is 0 Å². The van der Waals surface area contributed by atoms with Gasteiger partial charge >= 0.3 is 12.2 Å². The number of piperazine rings is 1. The molecule has 1 aromatic rings. The molecular formula is C18H24F3N5O4. The summed E-state index contributed by atoms with van der Waals surface area (Å²) in [5.41, 5.74) is 3.49. The third kappa shape index (κ3) is 5.30. The Hall–Kier alpha value is -3.05. The van der Waals surface area contributed by atoms with Gasteiger partial charge in [-0.1, -0.05) is 20.3 Å². The summed E-state index contributed by atoms with van der Waals surface area (Å²) >= 11 is 0. The number of primary amides is 1. The van der Waals surface area contributed by atoms with Crippen molar-refractivity contribution in [2.24, 2.45) is 11.7 Å². The topological polar surface area (TPSA) is 122 Å². The summed E-state index contributed by atoms with van der Waals surface area (Å²) < 4.78 is 38.7. The number of carbonyl (C=O) groups is 2. The van der Waals surface area contributed by atoms with Crippen LogP contribution in [0.25, 0.3) is 0 Å². The van der Waals surface area contributed by atoms with Gasteiger partial charge in [0.25, 0.3) is 5.69 Å². The van der Waals surface area contributed by atoms with Gasteiger partial charge in [0, 0.05) is 32.2 Å². The fourth-order valence-electron chi connectivity index (χ4n) is 3.31. The van der Waals surface area contributed by atoms with Crippen molar-refractivity contribution in [1.82, 2.24) is 10.2 Å². The van der Waals surface area contributed by atoms with Crippen molar-refractivity contribution in [3.8, 4) is 0 Å². The Bertz CT molecular complexity index is 810. The van der Waals surface area contributed by atoms with E-state index in [0.717, 1.165) is 12.1 Å². The monoisotopic (exact) mass is 431 g/mol. The zero-order chi connectivity index (χ0) is 22.6. The minimum atomic E-state index is -4.69. The van der Waals surface area contributed by atoms with E-state index in [1.807, 2.05) is 6.92 Å². The first-order valence-electron chi connectivity index (χ1n) is 9.41. The molecule has 1 saturated heterocycles. The highest BCUT2D eigenvalue weighted by Crippen LogP contribution is 2.36. The highest BCUT2D eigenvalue weighted by molar-refractivity contribution is 5.87. The van der Waals surface area contributed by atoms with Crippen molar-refractivity contribution in [3.63, 3.8) is 0 Å². The smallest absolute Gasteiger partial charge is 0.362 e. The molecule has 0 aromatic heterocycles. The number of nitrogens with zero attached hydrogens (tertiary/aromatic N) is 3. The van der Waals surface area contributed by atoms with Crippen molar-refractivity contribution in [2.75, 3.05) is 31.1 Å². The molecule has 1 heterocycles. The number of urea groups is 1. The largest absolute Gasteiger partial charge is 0.416 e. The first-order chi connectivity index (χ1) is 14.0. The molecule has 2 rings (SSSR count). The van der Waals surface area contributed by atoms with Crippen LogP contribution in [0.5, 0.6) is 0 Å². The molecule has 1 aliphatic heterocycles. The third-order valence-electron chi connectivity index (χ3n) is 5.21. The number of nitro benzene ring substituents is 1. The Balaban J connectivity index is 2.16. The van der Waals surface area contributed by atoms with E-state index in [9.17, 15) is 32.9 Å². The summed E-state index contributed by atoms with van der Waals surface area (Å²) in [5, 5.41) is 13.8. The standard InChI is InChI=1S/C18H24F3N5O4/c1-3-11(2)15(23-17(22)28)16(27)25-8-6-24(7-9-25)13-5-4-12(18(19,20)21)10-14(13)26(29)30/h4-5,10-11,15H,3,6-9H2,1-2H3,(H3,22,23,28). The van der Waals surface area contributed by atoms with E-state index in [1.54, 1.807) is 11.8 Å². The van der Waals surface area contributed by atoms with Crippen molar-refractivity contribution in [3.05, 3.63) is 33.9 Å². The number of nitro groups is 1. The normalized spacial score (nSPS) is 16.7. The van der Waals surface area contributed by atoms with Gasteiger partial charge in [-0.15, -0.1) is 0 Å². The molecule has 0 radical (unpaired) electrons. The maximum atomic E-state index is 12.9. The molecule has 1 aromatic carbocycles. The Morgan fingerprint density at radius 3 is 2.33 bits per heavy atom. The SMILES string of the molecule is CCC(C)C(NC(N)=O)C(=O)N1CCN(c2ccc(C(F)(F)F)cc2[N+](=O)[O-])CC1. The minimum absolute atomic E-state index is 0.0637. The predicted molar refractivity (Wildman–Crippen MR) is 103 cm³/mol. The molecule has 3 N–H and O–H groups in total. The molecule has 12 heteroatoms. The molecule has 0 spiro atoms. The lowest BCUT2D eigenvalue weighted by Crippen LogP contribution is -2.57. The molecule has 0 saturated carbocycles. The molecule has 30 heavy (non-hydrogen) atoms. The van der Waals surface area contributed by atoms with E-state index in [4.69, 9.17) is 5.73 Å². The van der Waals surface area contributed by atoms with Gasteiger partial charge in [0.05, 0.1) is 10.5 Å². The second-order valence-electron chi connectivity index (χ2n) is 7.14. The van der Waals surface area contributed by atoms with Crippen molar-refractivity contribution in [2.45, 2.75) is 32.5 Å². The van der Waals surface area contributed by atoms with E-state index in [1.165, 1.54) is 4.90 Å². The van der Waals surface area contributed by atoms with Crippen LogP contribution in [0.1, 0.15) is 25.8 Å². The lowest BCUT2D eigenvalue weighted by molar-refractivity contribution is -0.384. The van der Waals surface area contributed by atoms with E-state index >= 15 is 0 Å². The summed E-state index contributed by atoms with van der Waals surface area (Å²) in [6.45, 7) is 4.47. The number of rotatable bonds is 6. The van der Waals surface area contributed by atoms with Crippen LogP contribution in [-0.2, 0) is 11.0 Å². The number of hydrogen-bond donors (Lipinski definition) is 2. The van der Waals surface area contributed by atoms with E-state index < -0.39 is 34.4 Å². The van der Waals surface area contributed by atoms with E-state index in [2.05, 4.69) is 5.32 Å². The highest BCUT2D eigenvalue weighted by atomic mass is 19.4. The molecule has 166 valence electrons. The number of nitrogens with one attached hydrogen (secondary N) is 1. The maximum absolute atomic E-state index is 12.9. The van der Waals surface area contributed by atoms with Crippen LogP contribution in [0, 0.1) is 16.0 Å². The Labute approximate surface area is 171 Å². The molecular weight excluding hydrogens is 407 g/mol. The maximum Gasteiger partial charge on any atom is 0.416 e. The number of benzene rings is 1. The lowest BCUT2D eigenvalue weighted by Gasteiger charge is -2.38. The minimum Gasteiger partial charge on any atom is -0.362 e. The number of anilines is 1. The number of halogens is 3. The second-order valence-corrected chi connectivity index (χ2v) is 7.14. The lowest BCUT2D eigenvalue weighted by atomic mass is 9.97. The van der Waals surface area contributed by atoms with Crippen LogP contribution in [0.2, 0.25) is 0 Å². The van der Waals surface area contributed by atoms with Crippen molar-refractivity contribution in [1.29, 1.82) is 0 Å². The fourth-order valence-corrected chi connectivity index (χ4v) is 3.31.